The smallest absolute Gasteiger partial charge is 0.246 e. The molecule has 21 nitrogen and oxygen atoms in total. The molecule has 0 bridgehead atoms. The van der Waals surface area contributed by atoms with Crippen molar-refractivity contribution >= 4 is 59.1 Å². The molecule has 10 amide bonds. The molecule has 2 aromatic rings. The second kappa shape index (κ2) is 27.6. The van der Waals surface area contributed by atoms with Crippen LogP contribution in [0.1, 0.15) is 131 Å². The first-order chi connectivity index (χ1) is 38.6. The first kappa shape index (κ1) is 61.6. The van der Waals surface area contributed by atoms with Gasteiger partial charge in [-0.2, -0.15) is 0 Å². The zero-order chi connectivity index (χ0) is 58.8. The first-order valence-corrected chi connectivity index (χ1v) is 29.4. The summed E-state index contributed by atoms with van der Waals surface area (Å²) in [4.78, 5) is 153. The second-order valence-corrected chi connectivity index (χ2v) is 24.0. The lowest BCUT2D eigenvalue weighted by molar-refractivity contribution is -0.149. The highest BCUT2D eigenvalue weighted by molar-refractivity contribution is 6.00. The average Bonchev–Trinajstić information content (AvgIpc) is 4.37. The molecule has 5 heterocycles. The van der Waals surface area contributed by atoms with Crippen molar-refractivity contribution in [2.45, 2.75) is 193 Å². The highest BCUT2D eigenvalue weighted by Crippen LogP contribution is 2.29. The predicted molar refractivity (Wildman–Crippen MR) is 301 cm³/mol. The molecule has 442 valence electrons. The van der Waals surface area contributed by atoms with Crippen LogP contribution in [0.5, 0.6) is 5.75 Å². The summed E-state index contributed by atoms with van der Waals surface area (Å²) in [6.45, 7) is 15.3. The summed E-state index contributed by atoms with van der Waals surface area (Å²) in [5, 5.41) is 27.5. The van der Waals surface area contributed by atoms with Crippen molar-refractivity contribution in [3.05, 3.63) is 65.7 Å². The molecule has 2 aromatic carbocycles. The molecule has 11 atom stereocenters. The van der Waals surface area contributed by atoms with E-state index in [4.69, 9.17) is 0 Å². The Morgan fingerprint density at radius 1 is 0.432 bits per heavy atom. The van der Waals surface area contributed by atoms with E-state index in [1.165, 1.54) is 31.7 Å². The van der Waals surface area contributed by atoms with E-state index in [1.54, 1.807) is 71.0 Å². The van der Waals surface area contributed by atoms with Crippen molar-refractivity contribution in [2.24, 2.45) is 23.7 Å². The van der Waals surface area contributed by atoms with Gasteiger partial charge in [-0.15, -0.1) is 0 Å². The number of hydrogen-bond acceptors (Lipinski definition) is 11. The molecule has 7 N–H and O–H groups in total. The SMILES string of the molecule is CC[C@@H](C)[C@H]1NC(=O)[C@@H]2CCCN2C(=O)[C@H]2CCCN2C(=O)[C@H](C(C)C)NC(=O)[C@@H](Cc2ccc(O)cc2)NC(=O)[C@@H]2CCCN2C(=O)[C@H]2CCCN2C(=O)[C@H](CC(C)C)NC(=O)[C@@H](C(C)C)NC(=O)[C@H](Cc2ccccc2)NC1=O. The van der Waals surface area contributed by atoms with Gasteiger partial charge in [-0.25, -0.2) is 0 Å². The number of carbonyl (C=O) groups is 10. The average molecular weight is 1120 g/mol. The Kier molecular flexibility index (Phi) is 21.0. The Balaban J connectivity index is 1.25. The molecule has 5 aliphatic heterocycles. The number of hydrogen-bond donors (Lipinski definition) is 7. The maximum absolute atomic E-state index is 14.8. The first-order valence-electron chi connectivity index (χ1n) is 29.4. The number of benzene rings is 2. The third kappa shape index (κ3) is 14.9. The van der Waals surface area contributed by atoms with Gasteiger partial charge < -0.3 is 56.6 Å². The van der Waals surface area contributed by atoms with E-state index in [-0.39, 0.29) is 63.5 Å². The van der Waals surface area contributed by atoms with Crippen LogP contribution in [0, 0.1) is 23.7 Å². The van der Waals surface area contributed by atoms with Gasteiger partial charge in [0.25, 0.3) is 0 Å². The molecule has 7 rings (SSSR count). The van der Waals surface area contributed by atoms with Crippen molar-refractivity contribution in [2.75, 3.05) is 26.2 Å². The molecule has 5 aliphatic rings. The van der Waals surface area contributed by atoms with Crippen LogP contribution < -0.4 is 31.9 Å². The van der Waals surface area contributed by atoms with Crippen LogP contribution in [0.25, 0.3) is 0 Å². The zero-order valence-electron chi connectivity index (χ0n) is 48.4. The van der Waals surface area contributed by atoms with E-state index >= 15 is 0 Å². The number of fused-ring (bicyclic) bond motifs is 4. The Labute approximate surface area is 476 Å². The van der Waals surface area contributed by atoms with Crippen molar-refractivity contribution < 1.29 is 53.1 Å². The van der Waals surface area contributed by atoms with Crippen molar-refractivity contribution in [1.29, 1.82) is 0 Å². The minimum absolute atomic E-state index is 0.00823. The highest BCUT2D eigenvalue weighted by Gasteiger charge is 2.48. The molecule has 0 spiro atoms. The van der Waals surface area contributed by atoms with Gasteiger partial charge in [-0.05, 0) is 105 Å². The molecule has 81 heavy (non-hydrogen) atoms. The summed E-state index contributed by atoms with van der Waals surface area (Å²) in [5.41, 5.74) is 1.29. The van der Waals surface area contributed by atoms with Crippen LogP contribution in [-0.4, -0.2) is 170 Å². The van der Waals surface area contributed by atoms with E-state index in [0.29, 0.717) is 62.5 Å². The summed E-state index contributed by atoms with van der Waals surface area (Å²) < 4.78 is 0. The largest absolute Gasteiger partial charge is 0.508 e. The third-order valence-corrected chi connectivity index (χ3v) is 16.8. The predicted octanol–water partition coefficient (Wildman–Crippen LogP) is 2.47. The standard InChI is InChI=1S/C60H86N10O11/c1-9-37(8)50-56(77)62-42(32-38-17-11-10-12-18-38)51(72)64-48(35(4)5)55(76)63-43(31-34(2)3)57(78)69-29-15-21-46(69)58(79)67-27-13-19-44(67)53(74)61-41(33-39-23-25-40(71)26-24-39)52(73)65-49(36(6)7)60(81)70-30-16-22-47(70)59(80)68-28-14-20-45(68)54(75)66-50/h10-12,17-18,23-26,34-37,41-50,71H,9,13-16,19-22,27-33H2,1-8H3,(H,61,74)(H,62,77)(H,63,76)(H,64,72)(H,65,73)(H,66,75)/t37-,41-,42+,43+,44+,45+,46-,47-,48-,49+,50-/m1/s1. The number of amides is 10. The number of aromatic hydroxyl groups is 1. The highest BCUT2D eigenvalue weighted by atomic mass is 16.3. The minimum Gasteiger partial charge on any atom is -0.508 e. The van der Waals surface area contributed by atoms with Gasteiger partial charge in [0, 0.05) is 39.0 Å². The number of phenols is 1. The molecule has 0 aliphatic carbocycles. The summed E-state index contributed by atoms with van der Waals surface area (Å²) in [5.74, 6) is -7.25. The summed E-state index contributed by atoms with van der Waals surface area (Å²) in [6, 6.07) is 4.13. The van der Waals surface area contributed by atoms with Crippen molar-refractivity contribution in [1.82, 2.24) is 51.5 Å². The van der Waals surface area contributed by atoms with Crippen LogP contribution >= 0.6 is 0 Å². The quantitative estimate of drug-likeness (QED) is 0.182. The number of rotatable bonds is 10. The van der Waals surface area contributed by atoms with Gasteiger partial charge in [0.05, 0.1) is 0 Å². The van der Waals surface area contributed by atoms with E-state index < -0.39 is 137 Å². The van der Waals surface area contributed by atoms with Crippen LogP contribution in [0.3, 0.4) is 0 Å². The summed E-state index contributed by atoms with van der Waals surface area (Å²) >= 11 is 0. The maximum Gasteiger partial charge on any atom is 0.246 e. The summed E-state index contributed by atoms with van der Waals surface area (Å²) in [7, 11) is 0. The monoisotopic (exact) mass is 1120 g/mol. The fraction of sp³-hybridized carbons (Fsp3) is 0.633. The van der Waals surface area contributed by atoms with Gasteiger partial charge in [0.1, 0.15) is 66.2 Å². The summed E-state index contributed by atoms with van der Waals surface area (Å²) in [6.07, 6.45) is 3.68. The maximum atomic E-state index is 14.8. The molecule has 5 fully saturated rings. The third-order valence-electron chi connectivity index (χ3n) is 16.8. The Bertz CT molecular complexity index is 2610. The molecule has 0 aromatic heterocycles. The number of nitrogens with one attached hydrogen (secondary N) is 6. The van der Waals surface area contributed by atoms with E-state index in [2.05, 4.69) is 31.9 Å². The molecule has 0 unspecified atom stereocenters. The number of phenolic OH excluding ortho intramolecular Hbond substituents is 1. The fourth-order valence-corrected chi connectivity index (χ4v) is 12.1. The van der Waals surface area contributed by atoms with Crippen LogP contribution in [0.4, 0.5) is 0 Å². The molecule has 0 saturated carbocycles. The van der Waals surface area contributed by atoms with Gasteiger partial charge in [-0.3, -0.25) is 47.9 Å². The number of nitrogens with zero attached hydrogens (tertiary/aromatic N) is 4. The molecule has 5 saturated heterocycles. The zero-order valence-corrected chi connectivity index (χ0v) is 48.4. The lowest BCUT2D eigenvalue weighted by Crippen LogP contribution is -2.62. The van der Waals surface area contributed by atoms with Gasteiger partial charge in [-0.1, -0.05) is 104 Å². The number of carbonyl (C=O) groups excluding carboxylic acids is 10. The van der Waals surface area contributed by atoms with E-state index in [1.807, 2.05) is 26.8 Å². The van der Waals surface area contributed by atoms with Gasteiger partial charge in [0.15, 0.2) is 0 Å². The lowest BCUT2D eigenvalue weighted by Gasteiger charge is -2.35. The van der Waals surface area contributed by atoms with E-state index in [9.17, 15) is 53.1 Å². The van der Waals surface area contributed by atoms with Gasteiger partial charge in [0.2, 0.25) is 59.1 Å². The topological polar surface area (TPSA) is 276 Å². The molecule has 0 radical (unpaired) electrons. The molecular formula is C60H86N10O11. The molecule has 21 heteroatoms. The molecular weight excluding hydrogens is 1040 g/mol. The minimum atomic E-state index is -1.27. The van der Waals surface area contributed by atoms with Crippen molar-refractivity contribution in [3.63, 3.8) is 0 Å². The fourth-order valence-electron chi connectivity index (χ4n) is 12.1. The normalized spacial score (nSPS) is 28.7. The van der Waals surface area contributed by atoms with Gasteiger partial charge >= 0.3 is 0 Å². The Hall–Kier alpha value is -7.06. The van der Waals surface area contributed by atoms with Crippen LogP contribution in [-0.2, 0) is 60.8 Å². The second-order valence-electron chi connectivity index (χ2n) is 24.0. The van der Waals surface area contributed by atoms with Crippen molar-refractivity contribution in [3.8, 4) is 5.75 Å². The van der Waals surface area contributed by atoms with Crippen LogP contribution in [0.2, 0.25) is 0 Å². The Morgan fingerprint density at radius 3 is 1.31 bits per heavy atom. The Morgan fingerprint density at radius 2 is 0.827 bits per heavy atom. The van der Waals surface area contributed by atoms with E-state index in [0.717, 1.165) is 0 Å². The lowest BCUT2D eigenvalue weighted by atomic mass is 9.96. The van der Waals surface area contributed by atoms with Crippen LogP contribution in [0.15, 0.2) is 54.6 Å².